The van der Waals surface area contributed by atoms with Gasteiger partial charge in [-0.3, -0.25) is 14.3 Å². The lowest BCUT2D eigenvalue weighted by Crippen LogP contribution is -2.35. The molecule has 2 amide bonds. The van der Waals surface area contributed by atoms with E-state index in [1.165, 1.54) is 0 Å². The van der Waals surface area contributed by atoms with Crippen LogP contribution in [0.25, 0.3) is 10.9 Å². The summed E-state index contributed by atoms with van der Waals surface area (Å²) < 4.78 is 1.88. The van der Waals surface area contributed by atoms with E-state index in [1.54, 1.807) is 12.3 Å². The summed E-state index contributed by atoms with van der Waals surface area (Å²) in [6.07, 6.45) is 1.79. The summed E-state index contributed by atoms with van der Waals surface area (Å²) in [6, 6.07) is 7.34. The number of nitrogens with zero attached hydrogens (tertiary/aromatic N) is 2. The Kier molecular flexibility index (Phi) is 4.56. The minimum absolute atomic E-state index is 0.276. The Morgan fingerprint density at radius 3 is 2.72 bits per heavy atom. The van der Waals surface area contributed by atoms with E-state index in [-0.39, 0.29) is 6.54 Å². The number of aromatic amines is 1. The fourth-order valence-electron chi connectivity index (χ4n) is 2.92. The van der Waals surface area contributed by atoms with Crippen molar-refractivity contribution in [1.82, 2.24) is 20.1 Å². The van der Waals surface area contributed by atoms with Gasteiger partial charge in [-0.15, -0.1) is 0 Å². The Bertz CT molecular complexity index is 938. The molecule has 3 rings (SSSR count). The molecule has 0 atom stereocenters. The van der Waals surface area contributed by atoms with Crippen LogP contribution < -0.4 is 10.6 Å². The van der Waals surface area contributed by atoms with E-state index in [0.717, 1.165) is 34.4 Å². The average molecular weight is 339 g/mol. The minimum atomic E-state index is -0.688. The SMILES string of the molecule is CCn1nc(C)c(CNC(=O)C(=O)Nc2cccc3[nH]ccc23)c1C. The Hall–Kier alpha value is -3.09. The van der Waals surface area contributed by atoms with E-state index >= 15 is 0 Å². The maximum Gasteiger partial charge on any atom is 0.313 e. The fourth-order valence-corrected chi connectivity index (χ4v) is 2.92. The van der Waals surface area contributed by atoms with Crippen LogP contribution in [-0.4, -0.2) is 26.6 Å². The van der Waals surface area contributed by atoms with Crippen molar-refractivity contribution in [3.63, 3.8) is 0 Å². The molecule has 7 heteroatoms. The molecule has 0 aliphatic heterocycles. The fraction of sp³-hybridized carbons (Fsp3) is 0.278. The zero-order chi connectivity index (χ0) is 18.0. The number of rotatable bonds is 4. The quantitative estimate of drug-likeness (QED) is 0.637. The Morgan fingerprint density at radius 2 is 2.00 bits per heavy atom. The summed E-state index contributed by atoms with van der Waals surface area (Å²) in [5, 5.41) is 10.6. The summed E-state index contributed by atoms with van der Waals surface area (Å²) in [7, 11) is 0. The molecule has 2 heterocycles. The second-order valence-corrected chi connectivity index (χ2v) is 5.85. The number of H-pyrrole nitrogens is 1. The molecule has 2 aromatic heterocycles. The van der Waals surface area contributed by atoms with Gasteiger partial charge in [-0.25, -0.2) is 0 Å². The molecule has 7 nitrogen and oxygen atoms in total. The van der Waals surface area contributed by atoms with Gasteiger partial charge in [-0.2, -0.15) is 5.10 Å². The van der Waals surface area contributed by atoms with E-state index in [2.05, 4.69) is 20.7 Å². The molecule has 0 unspecified atom stereocenters. The molecular formula is C18H21N5O2. The van der Waals surface area contributed by atoms with Crippen molar-refractivity contribution < 1.29 is 9.59 Å². The Labute approximate surface area is 145 Å². The highest BCUT2D eigenvalue weighted by Gasteiger charge is 2.17. The lowest BCUT2D eigenvalue weighted by Gasteiger charge is -2.08. The highest BCUT2D eigenvalue weighted by atomic mass is 16.2. The highest BCUT2D eigenvalue weighted by Crippen LogP contribution is 2.22. The molecule has 0 spiro atoms. The van der Waals surface area contributed by atoms with Crippen LogP contribution in [0, 0.1) is 13.8 Å². The Morgan fingerprint density at radius 1 is 1.20 bits per heavy atom. The summed E-state index contributed by atoms with van der Waals surface area (Å²) >= 11 is 0. The van der Waals surface area contributed by atoms with Gasteiger partial charge in [-0.05, 0) is 39.0 Å². The standard InChI is InChI=1S/C18H21N5O2/c1-4-23-12(3)14(11(2)22-23)10-20-17(24)18(25)21-16-7-5-6-15-13(16)8-9-19-15/h5-9,19H,4,10H2,1-3H3,(H,20,24)(H,21,25). The molecule has 130 valence electrons. The van der Waals surface area contributed by atoms with E-state index in [4.69, 9.17) is 0 Å². The zero-order valence-electron chi connectivity index (χ0n) is 14.5. The van der Waals surface area contributed by atoms with E-state index < -0.39 is 11.8 Å². The number of benzene rings is 1. The summed E-state index contributed by atoms with van der Waals surface area (Å²) in [4.78, 5) is 27.4. The molecule has 1 aromatic carbocycles. The molecule has 25 heavy (non-hydrogen) atoms. The molecule has 0 aliphatic carbocycles. The first-order valence-corrected chi connectivity index (χ1v) is 8.19. The van der Waals surface area contributed by atoms with E-state index in [1.807, 2.05) is 43.7 Å². The number of hydrogen-bond donors (Lipinski definition) is 3. The van der Waals surface area contributed by atoms with E-state index in [9.17, 15) is 9.59 Å². The monoisotopic (exact) mass is 339 g/mol. The normalized spacial score (nSPS) is 10.8. The largest absolute Gasteiger partial charge is 0.361 e. The second-order valence-electron chi connectivity index (χ2n) is 5.85. The average Bonchev–Trinajstić information content (AvgIpc) is 3.18. The summed E-state index contributed by atoms with van der Waals surface area (Å²) in [5.74, 6) is -1.36. The van der Waals surface area contributed by atoms with Crippen LogP contribution in [0.4, 0.5) is 5.69 Å². The Balaban J connectivity index is 1.66. The van der Waals surface area contributed by atoms with Gasteiger partial charge < -0.3 is 15.6 Å². The smallest absolute Gasteiger partial charge is 0.313 e. The van der Waals surface area contributed by atoms with Crippen molar-refractivity contribution in [2.45, 2.75) is 33.9 Å². The number of carbonyl (C=O) groups excluding carboxylic acids is 2. The molecule has 0 radical (unpaired) electrons. The second kappa shape index (κ2) is 6.80. The number of fused-ring (bicyclic) bond motifs is 1. The van der Waals surface area contributed by atoms with Crippen LogP contribution in [0.3, 0.4) is 0 Å². The maximum absolute atomic E-state index is 12.2. The molecule has 3 aromatic rings. The van der Waals surface area contributed by atoms with Crippen molar-refractivity contribution in [2.24, 2.45) is 0 Å². The van der Waals surface area contributed by atoms with Gasteiger partial charge in [0.05, 0.1) is 11.4 Å². The molecule has 3 N–H and O–H groups in total. The zero-order valence-corrected chi connectivity index (χ0v) is 14.5. The summed E-state index contributed by atoms with van der Waals surface area (Å²) in [6.45, 7) is 6.90. The molecule has 0 saturated heterocycles. The third-order valence-corrected chi connectivity index (χ3v) is 4.31. The van der Waals surface area contributed by atoms with Crippen molar-refractivity contribution in [2.75, 3.05) is 5.32 Å². The number of carbonyl (C=O) groups is 2. The van der Waals surface area contributed by atoms with Crippen LogP contribution in [0.5, 0.6) is 0 Å². The van der Waals surface area contributed by atoms with Crippen molar-refractivity contribution in [3.8, 4) is 0 Å². The van der Waals surface area contributed by atoms with Gasteiger partial charge in [0.25, 0.3) is 0 Å². The molecule has 0 bridgehead atoms. The number of aryl methyl sites for hydroxylation is 2. The number of aromatic nitrogens is 3. The van der Waals surface area contributed by atoms with Crippen LogP contribution in [0.1, 0.15) is 23.9 Å². The molecule has 0 fully saturated rings. The van der Waals surface area contributed by atoms with Crippen LogP contribution >= 0.6 is 0 Å². The number of nitrogens with one attached hydrogen (secondary N) is 3. The first kappa shape index (κ1) is 16.8. The predicted molar refractivity (Wildman–Crippen MR) is 96.2 cm³/mol. The van der Waals surface area contributed by atoms with Crippen LogP contribution in [0.15, 0.2) is 30.5 Å². The van der Waals surface area contributed by atoms with E-state index in [0.29, 0.717) is 5.69 Å². The minimum Gasteiger partial charge on any atom is -0.361 e. The van der Waals surface area contributed by atoms with Gasteiger partial charge in [0.1, 0.15) is 0 Å². The number of anilines is 1. The van der Waals surface area contributed by atoms with Gasteiger partial charge in [0.2, 0.25) is 0 Å². The molecule has 0 saturated carbocycles. The van der Waals surface area contributed by atoms with Crippen LogP contribution in [0.2, 0.25) is 0 Å². The molecular weight excluding hydrogens is 318 g/mol. The third-order valence-electron chi connectivity index (χ3n) is 4.31. The molecule has 0 aliphatic rings. The third kappa shape index (κ3) is 3.26. The van der Waals surface area contributed by atoms with Gasteiger partial charge in [-0.1, -0.05) is 6.07 Å². The van der Waals surface area contributed by atoms with Crippen molar-refractivity contribution >= 4 is 28.4 Å². The lowest BCUT2D eigenvalue weighted by molar-refractivity contribution is -0.136. The highest BCUT2D eigenvalue weighted by molar-refractivity contribution is 6.40. The van der Waals surface area contributed by atoms with Gasteiger partial charge >= 0.3 is 11.8 Å². The van der Waals surface area contributed by atoms with Gasteiger partial charge in [0.15, 0.2) is 0 Å². The van der Waals surface area contributed by atoms with Crippen molar-refractivity contribution in [3.05, 3.63) is 47.4 Å². The lowest BCUT2D eigenvalue weighted by atomic mass is 10.2. The number of hydrogen-bond acceptors (Lipinski definition) is 3. The van der Waals surface area contributed by atoms with Crippen molar-refractivity contribution in [1.29, 1.82) is 0 Å². The maximum atomic E-state index is 12.2. The first-order chi connectivity index (χ1) is 12.0. The predicted octanol–water partition coefficient (Wildman–Crippen LogP) is 2.26. The summed E-state index contributed by atoms with van der Waals surface area (Å²) in [5.41, 5.74) is 4.30. The van der Waals surface area contributed by atoms with Gasteiger partial charge in [0, 0.05) is 41.4 Å². The van der Waals surface area contributed by atoms with Crippen LogP contribution in [-0.2, 0) is 22.7 Å². The first-order valence-electron chi connectivity index (χ1n) is 8.19. The number of amides is 2. The topological polar surface area (TPSA) is 91.8 Å².